The molecule has 0 aliphatic rings. The van der Waals surface area contributed by atoms with E-state index in [1.165, 1.54) is 6.07 Å². The van der Waals surface area contributed by atoms with Crippen LogP contribution in [0.15, 0.2) is 36.4 Å². The summed E-state index contributed by atoms with van der Waals surface area (Å²) in [6, 6.07) is 10.7. The Morgan fingerprint density at radius 1 is 1.21 bits per heavy atom. The first-order chi connectivity index (χ1) is 11.6. The van der Waals surface area contributed by atoms with Gasteiger partial charge >= 0.3 is 0 Å². The molecule has 2 aromatic rings. The Kier molecular flexibility index (Phi) is 6.88. The fraction of sp³-hybridized carbons (Fsp3) is 0.368. The molecule has 0 saturated heterocycles. The number of halogens is 2. The number of para-hydroxylation sites is 1. The molecular weight excluding hydrogens is 329 g/mol. The summed E-state index contributed by atoms with van der Waals surface area (Å²) in [5, 5.41) is 3.78. The molecule has 2 rings (SSSR count). The minimum absolute atomic E-state index is 0.0439. The molecule has 3 nitrogen and oxygen atoms in total. The summed E-state index contributed by atoms with van der Waals surface area (Å²) in [5.74, 6) is 0.845. The molecule has 0 aliphatic heterocycles. The normalized spacial score (nSPS) is 12.0. The fourth-order valence-corrected chi connectivity index (χ4v) is 2.49. The molecule has 1 N–H and O–H groups in total. The molecule has 0 heterocycles. The minimum atomic E-state index is -0.378. The third-order valence-electron chi connectivity index (χ3n) is 3.96. The number of benzene rings is 2. The maximum atomic E-state index is 13.9. The molecule has 0 bridgehead atoms. The van der Waals surface area contributed by atoms with Crippen molar-refractivity contribution in [2.24, 2.45) is 0 Å². The molecule has 0 amide bonds. The van der Waals surface area contributed by atoms with Crippen molar-refractivity contribution in [3.05, 3.63) is 58.4 Å². The van der Waals surface area contributed by atoms with Crippen LogP contribution in [0.4, 0.5) is 4.39 Å². The monoisotopic (exact) mass is 351 g/mol. The summed E-state index contributed by atoms with van der Waals surface area (Å²) >= 11 is 6.07. The number of ether oxygens (including phenoxy) is 2. The summed E-state index contributed by atoms with van der Waals surface area (Å²) in [6.45, 7) is 4.94. The van der Waals surface area contributed by atoms with Gasteiger partial charge in [-0.2, -0.15) is 0 Å². The van der Waals surface area contributed by atoms with Gasteiger partial charge in [0.05, 0.1) is 12.1 Å². The number of methoxy groups -OCH3 is 1. The molecule has 24 heavy (non-hydrogen) atoms. The zero-order chi connectivity index (χ0) is 17.5. The number of nitrogens with one attached hydrogen (secondary N) is 1. The van der Waals surface area contributed by atoms with Crippen molar-refractivity contribution in [3.63, 3.8) is 0 Å². The third-order valence-corrected chi connectivity index (χ3v) is 4.31. The van der Waals surface area contributed by atoms with Crippen LogP contribution < -0.4 is 14.8 Å². The van der Waals surface area contributed by atoms with Crippen molar-refractivity contribution in [2.45, 2.75) is 39.5 Å². The van der Waals surface area contributed by atoms with Crippen LogP contribution in [-0.4, -0.2) is 13.2 Å². The van der Waals surface area contributed by atoms with Crippen LogP contribution >= 0.6 is 11.6 Å². The number of hydrogen-bond donors (Lipinski definition) is 1. The molecule has 2 aromatic carbocycles. The van der Waals surface area contributed by atoms with E-state index >= 15 is 0 Å². The molecule has 0 saturated carbocycles. The lowest BCUT2D eigenvalue weighted by Crippen LogP contribution is -2.24. The predicted molar refractivity (Wildman–Crippen MR) is 95.3 cm³/mol. The number of rotatable bonds is 8. The summed E-state index contributed by atoms with van der Waals surface area (Å²) in [5.41, 5.74) is 1.30. The molecule has 0 aliphatic carbocycles. The van der Waals surface area contributed by atoms with E-state index < -0.39 is 0 Å². The topological polar surface area (TPSA) is 30.5 Å². The van der Waals surface area contributed by atoms with Gasteiger partial charge in [-0.25, -0.2) is 4.39 Å². The van der Waals surface area contributed by atoms with E-state index in [9.17, 15) is 4.39 Å². The Balaban J connectivity index is 2.21. The molecule has 0 fully saturated rings. The van der Waals surface area contributed by atoms with Gasteiger partial charge in [0.2, 0.25) is 0 Å². The van der Waals surface area contributed by atoms with Gasteiger partial charge in [0.15, 0.2) is 11.5 Å². The summed E-state index contributed by atoms with van der Waals surface area (Å²) < 4.78 is 25.2. The van der Waals surface area contributed by atoms with Crippen LogP contribution in [-0.2, 0) is 13.2 Å². The SMILES string of the molecule is CCC(C)NCc1cccc(OC)c1OCc1c(F)cccc1Cl. The van der Waals surface area contributed by atoms with Crippen molar-refractivity contribution in [3.8, 4) is 11.5 Å². The van der Waals surface area contributed by atoms with Gasteiger partial charge < -0.3 is 14.8 Å². The second kappa shape index (κ2) is 8.90. The molecular formula is C19H23ClFNO2. The van der Waals surface area contributed by atoms with E-state index in [0.29, 0.717) is 34.7 Å². The Bertz CT molecular complexity index is 658. The zero-order valence-corrected chi connectivity index (χ0v) is 15.0. The van der Waals surface area contributed by atoms with Crippen molar-refractivity contribution < 1.29 is 13.9 Å². The number of hydrogen-bond acceptors (Lipinski definition) is 3. The van der Waals surface area contributed by atoms with Gasteiger partial charge in [-0.15, -0.1) is 0 Å². The Hall–Kier alpha value is -1.78. The molecule has 0 aromatic heterocycles. The van der Waals surface area contributed by atoms with E-state index in [1.807, 2.05) is 18.2 Å². The van der Waals surface area contributed by atoms with Crippen molar-refractivity contribution in [2.75, 3.05) is 7.11 Å². The van der Waals surface area contributed by atoms with E-state index in [2.05, 4.69) is 19.2 Å². The molecule has 0 radical (unpaired) electrons. The summed E-state index contributed by atoms with van der Waals surface area (Å²) in [6.07, 6.45) is 1.03. The van der Waals surface area contributed by atoms with Gasteiger partial charge in [-0.05, 0) is 31.5 Å². The van der Waals surface area contributed by atoms with E-state index in [0.717, 1.165) is 12.0 Å². The van der Waals surface area contributed by atoms with Gasteiger partial charge in [-0.1, -0.05) is 36.7 Å². The maximum Gasteiger partial charge on any atom is 0.166 e. The third kappa shape index (κ3) is 4.62. The van der Waals surface area contributed by atoms with Gasteiger partial charge in [0.1, 0.15) is 12.4 Å². The average molecular weight is 352 g/mol. The fourth-order valence-electron chi connectivity index (χ4n) is 2.27. The highest BCUT2D eigenvalue weighted by Crippen LogP contribution is 2.32. The molecule has 130 valence electrons. The minimum Gasteiger partial charge on any atom is -0.493 e. The van der Waals surface area contributed by atoms with Gasteiger partial charge in [0.25, 0.3) is 0 Å². The Morgan fingerprint density at radius 3 is 2.62 bits per heavy atom. The molecule has 5 heteroatoms. The van der Waals surface area contributed by atoms with E-state index in [-0.39, 0.29) is 12.4 Å². The Morgan fingerprint density at radius 2 is 1.96 bits per heavy atom. The van der Waals surface area contributed by atoms with Crippen LogP contribution in [0.1, 0.15) is 31.4 Å². The first-order valence-electron chi connectivity index (χ1n) is 8.01. The van der Waals surface area contributed by atoms with Crippen molar-refractivity contribution in [1.82, 2.24) is 5.32 Å². The zero-order valence-electron chi connectivity index (χ0n) is 14.2. The van der Waals surface area contributed by atoms with E-state index in [4.69, 9.17) is 21.1 Å². The lowest BCUT2D eigenvalue weighted by Gasteiger charge is -2.18. The van der Waals surface area contributed by atoms with Crippen LogP contribution in [0.25, 0.3) is 0 Å². The first-order valence-corrected chi connectivity index (χ1v) is 8.39. The summed E-state index contributed by atoms with van der Waals surface area (Å²) in [7, 11) is 1.59. The maximum absolute atomic E-state index is 13.9. The highest BCUT2D eigenvalue weighted by molar-refractivity contribution is 6.31. The van der Waals surface area contributed by atoms with Crippen LogP contribution in [0.3, 0.4) is 0 Å². The van der Waals surface area contributed by atoms with Gasteiger partial charge in [0, 0.05) is 23.7 Å². The van der Waals surface area contributed by atoms with Crippen molar-refractivity contribution in [1.29, 1.82) is 0 Å². The van der Waals surface area contributed by atoms with Crippen LogP contribution in [0, 0.1) is 5.82 Å². The molecule has 1 unspecified atom stereocenters. The lowest BCUT2D eigenvalue weighted by atomic mass is 10.1. The van der Waals surface area contributed by atoms with Crippen LogP contribution in [0.2, 0.25) is 5.02 Å². The van der Waals surface area contributed by atoms with Crippen LogP contribution in [0.5, 0.6) is 11.5 Å². The second-order valence-corrected chi connectivity index (χ2v) is 6.03. The highest BCUT2D eigenvalue weighted by atomic mass is 35.5. The smallest absolute Gasteiger partial charge is 0.166 e. The average Bonchev–Trinajstić information content (AvgIpc) is 2.59. The highest BCUT2D eigenvalue weighted by Gasteiger charge is 2.14. The largest absolute Gasteiger partial charge is 0.493 e. The Labute approximate surface area is 147 Å². The second-order valence-electron chi connectivity index (χ2n) is 5.63. The first kappa shape index (κ1) is 18.6. The molecule has 1 atom stereocenters. The standard InChI is InChI=1S/C19H23ClFNO2/c1-4-13(2)22-11-14-7-5-10-18(23-3)19(14)24-12-15-16(20)8-6-9-17(15)21/h5-10,13,22H,4,11-12H2,1-3H3. The molecule has 0 spiro atoms. The predicted octanol–water partition coefficient (Wildman–Crippen LogP) is 4.95. The lowest BCUT2D eigenvalue weighted by molar-refractivity contribution is 0.275. The van der Waals surface area contributed by atoms with Gasteiger partial charge in [-0.3, -0.25) is 0 Å². The quantitative estimate of drug-likeness (QED) is 0.729. The summed E-state index contributed by atoms with van der Waals surface area (Å²) in [4.78, 5) is 0. The van der Waals surface area contributed by atoms with E-state index in [1.54, 1.807) is 19.2 Å². The van der Waals surface area contributed by atoms with Crippen molar-refractivity contribution >= 4 is 11.6 Å².